The van der Waals surface area contributed by atoms with Crippen LogP contribution in [0.2, 0.25) is 0 Å². The zero-order chi connectivity index (χ0) is 44.0. The third kappa shape index (κ3) is 12.6. The predicted molar refractivity (Wildman–Crippen MR) is 274 cm³/mol. The Labute approximate surface area is 393 Å². The number of aromatic hydroxyl groups is 4. The number of hydrogen-bond acceptors (Lipinski definition) is 12. The lowest BCUT2D eigenvalue weighted by molar-refractivity contribution is 0.450. The molecule has 0 aromatic heterocycles. The van der Waals surface area contributed by atoms with Gasteiger partial charge in [0.05, 0.1) is 0 Å². The summed E-state index contributed by atoms with van der Waals surface area (Å²) in [6.45, 7) is 0. The van der Waals surface area contributed by atoms with Crippen LogP contribution in [0.4, 0.5) is 0 Å². The molecule has 4 aromatic carbocycles. The van der Waals surface area contributed by atoms with Gasteiger partial charge in [0.2, 0.25) is 0 Å². The van der Waals surface area contributed by atoms with Crippen molar-refractivity contribution in [1.82, 2.24) is 19.6 Å². The summed E-state index contributed by atoms with van der Waals surface area (Å²) in [7, 11) is 15.3. The first-order valence-electron chi connectivity index (χ1n) is 19.0. The molecule has 1 aliphatic rings. The molecule has 0 saturated carbocycles. The van der Waals surface area contributed by atoms with E-state index < -0.39 is 0 Å². The molecule has 0 unspecified atom stereocenters. The minimum atomic E-state index is 0.107. The molecule has 0 radical (unpaired) electrons. The SMILES string of the molecule is CN(C)C(=S)SCc1cc2c(O)c(c1)Cc1cc(CSC(=S)N(C)C)cc(c1O)Cc1cc(CSC(=S)N(C)C)cc(c1O)Cc1cc(CSC(=S)N(C)C)cc(c1O)C2. The van der Waals surface area contributed by atoms with Gasteiger partial charge in [0, 0.05) is 105 Å². The van der Waals surface area contributed by atoms with Gasteiger partial charge < -0.3 is 40.0 Å². The number of phenolic OH excluding ortho intramolecular Hbond substituents is 4. The van der Waals surface area contributed by atoms with Crippen molar-refractivity contribution >= 4 is 113 Å². The highest BCUT2D eigenvalue weighted by atomic mass is 32.2. The highest BCUT2D eigenvalue weighted by Crippen LogP contribution is 2.41. The molecule has 0 heterocycles. The van der Waals surface area contributed by atoms with Gasteiger partial charge in [0.25, 0.3) is 0 Å². The summed E-state index contributed by atoms with van der Waals surface area (Å²) < 4.78 is 2.95. The lowest BCUT2D eigenvalue weighted by atomic mass is 9.89. The van der Waals surface area contributed by atoms with Crippen molar-refractivity contribution in [3.05, 3.63) is 115 Å². The van der Waals surface area contributed by atoms with Crippen LogP contribution in [0.3, 0.4) is 0 Å². The fraction of sp³-hybridized carbons (Fsp3) is 0.364. The van der Waals surface area contributed by atoms with E-state index in [1.807, 2.05) is 125 Å². The van der Waals surface area contributed by atoms with Crippen molar-refractivity contribution in [2.75, 3.05) is 56.4 Å². The third-order valence-corrected chi connectivity index (χ3v) is 17.0. The minimum absolute atomic E-state index is 0.107. The molecular formula is C44H52N4O4S8. The van der Waals surface area contributed by atoms with Crippen LogP contribution in [0.5, 0.6) is 23.0 Å². The zero-order valence-corrected chi connectivity index (χ0v) is 41.7. The van der Waals surface area contributed by atoms with Crippen LogP contribution in [-0.2, 0) is 48.7 Å². The first kappa shape index (κ1) is 48.1. The molecule has 1 aliphatic carbocycles. The Morgan fingerprint density at radius 3 is 0.650 bits per heavy atom. The van der Waals surface area contributed by atoms with Crippen molar-refractivity contribution in [1.29, 1.82) is 0 Å². The van der Waals surface area contributed by atoms with Crippen molar-refractivity contribution in [2.24, 2.45) is 0 Å². The zero-order valence-electron chi connectivity index (χ0n) is 35.1. The van der Waals surface area contributed by atoms with E-state index in [-0.39, 0.29) is 48.7 Å². The van der Waals surface area contributed by atoms with Crippen molar-refractivity contribution in [3.63, 3.8) is 0 Å². The van der Waals surface area contributed by atoms with Crippen LogP contribution in [0.15, 0.2) is 48.5 Å². The highest BCUT2D eigenvalue weighted by molar-refractivity contribution is 8.23. The summed E-state index contributed by atoms with van der Waals surface area (Å²) in [5.41, 5.74) is 8.97. The Morgan fingerprint density at radius 2 is 0.517 bits per heavy atom. The van der Waals surface area contributed by atoms with Gasteiger partial charge in [0.15, 0.2) is 0 Å². The largest absolute Gasteiger partial charge is 0.507 e. The van der Waals surface area contributed by atoms with E-state index >= 15 is 0 Å². The van der Waals surface area contributed by atoms with Crippen molar-refractivity contribution in [3.8, 4) is 23.0 Å². The molecule has 0 fully saturated rings. The first-order valence-corrected chi connectivity index (χ1v) is 24.6. The van der Waals surface area contributed by atoms with E-state index in [9.17, 15) is 20.4 Å². The monoisotopic (exact) mass is 956 g/mol. The second-order valence-electron chi connectivity index (χ2n) is 15.6. The van der Waals surface area contributed by atoms with E-state index in [2.05, 4.69) is 0 Å². The summed E-state index contributed by atoms with van der Waals surface area (Å²) in [5, 5.41) is 48.4. The maximum atomic E-state index is 12.1. The molecule has 0 spiro atoms. The fourth-order valence-electron chi connectivity index (χ4n) is 6.66. The second kappa shape index (κ2) is 21.4. The minimum Gasteiger partial charge on any atom is -0.507 e. The molecule has 0 aliphatic heterocycles. The van der Waals surface area contributed by atoms with Crippen LogP contribution in [0.1, 0.15) is 66.8 Å². The third-order valence-electron chi connectivity index (χ3n) is 9.74. The predicted octanol–water partition coefficient (Wildman–Crippen LogP) is 9.50. The molecule has 8 nitrogen and oxygen atoms in total. The van der Waals surface area contributed by atoms with Gasteiger partial charge in [0.1, 0.15) is 40.3 Å². The molecule has 0 atom stereocenters. The molecule has 0 amide bonds. The van der Waals surface area contributed by atoms with E-state index in [0.717, 1.165) is 39.5 Å². The Balaban J connectivity index is 1.75. The summed E-state index contributed by atoms with van der Waals surface area (Å²) in [4.78, 5) is 7.60. The number of phenols is 4. The average Bonchev–Trinajstić information content (AvgIpc) is 3.19. The van der Waals surface area contributed by atoms with Gasteiger partial charge in [-0.05, 0) is 66.8 Å². The average molecular weight is 957 g/mol. The van der Waals surface area contributed by atoms with E-state index in [1.54, 1.807) is 0 Å². The van der Waals surface area contributed by atoms with Crippen molar-refractivity contribution < 1.29 is 20.4 Å². The van der Waals surface area contributed by atoms with Gasteiger partial charge in [-0.25, -0.2) is 0 Å². The quantitative estimate of drug-likeness (QED) is 0.111. The number of hydrogen-bond donors (Lipinski definition) is 4. The van der Waals surface area contributed by atoms with E-state index in [0.29, 0.717) is 67.5 Å². The first-order chi connectivity index (χ1) is 28.3. The topological polar surface area (TPSA) is 93.9 Å². The number of benzene rings is 4. The summed E-state index contributed by atoms with van der Waals surface area (Å²) >= 11 is 28.6. The van der Waals surface area contributed by atoms with Gasteiger partial charge in [-0.3, -0.25) is 0 Å². The number of fused-ring (bicyclic) bond motifs is 8. The molecular weight excluding hydrogens is 905 g/mol. The van der Waals surface area contributed by atoms with Crippen molar-refractivity contribution in [2.45, 2.75) is 48.7 Å². The second-order valence-corrected chi connectivity index (χ2v) is 22.0. The molecule has 320 valence electrons. The Hall–Kier alpha value is -2.96. The number of rotatable bonds is 8. The smallest absolute Gasteiger partial charge is 0.136 e. The van der Waals surface area contributed by atoms with Crippen LogP contribution < -0.4 is 0 Å². The van der Waals surface area contributed by atoms with Crippen LogP contribution in [0, 0.1) is 0 Å². The van der Waals surface area contributed by atoms with Gasteiger partial charge in [-0.2, -0.15) is 0 Å². The lowest BCUT2D eigenvalue weighted by Gasteiger charge is -2.21. The van der Waals surface area contributed by atoms with Crippen LogP contribution in [0.25, 0.3) is 0 Å². The molecule has 8 bridgehead atoms. The molecule has 5 rings (SSSR count). The van der Waals surface area contributed by atoms with Gasteiger partial charge >= 0.3 is 0 Å². The Bertz CT molecular complexity index is 1890. The summed E-state index contributed by atoms with van der Waals surface area (Å²) in [6.07, 6.45) is 0.931. The standard InChI is InChI=1S/C44H52N4O4S8/c1-45(2)41(53)57-21-25-9-29-17-31-11-26(22-58-42(54)46(3)4)13-33(38(31)50)19-35-15-28(24-60-44(56)48(7)8)16-36(40(35)52)20-34-14-27(23-59-43(55)47(5)6)12-32(39(34)51)18-30(10-25)37(29)49/h9-16,49-52H,17-24H2,1-8H3. The number of thiocarbonyl (C=S) groups is 4. The van der Waals surface area contributed by atoms with Crippen LogP contribution in [-0.4, -0.2) is 114 Å². The molecule has 16 heteroatoms. The fourth-order valence-corrected chi connectivity index (χ4v) is 10.2. The van der Waals surface area contributed by atoms with E-state index in [1.165, 1.54) is 47.0 Å². The summed E-state index contributed by atoms with van der Waals surface area (Å²) in [6, 6.07) is 15.8. The molecule has 4 aromatic rings. The summed E-state index contributed by atoms with van der Waals surface area (Å²) in [5.74, 6) is 2.69. The Kier molecular flexibility index (Phi) is 17.2. The maximum absolute atomic E-state index is 12.1. The molecule has 4 N–H and O–H groups in total. The normalized spacial score (nSPS) is 12.1. The number of thioether (sulfide) groups is 4. The van der Waals surface area contributed by atoms with Crippen LogP contribution >= 0.6 is 95.9 Å². The lowest BCUT2D eigenvalue weighted by Crippen LogP contribution is -2.16. The molecule has 60 heavy (non-hydrogen) atoms. The Morgan fingerprint density at radius 1 is 0.367 bits per heavy atom. The van der Waals surface area contributed by atoms with Gasteiger partial charge in [-0.15, -0.1) is 0 Å². The maximum Gasteiger partial charge on any atom is 0.136 e. The number of nitrogens with zero attached hydrogens (tertiary/aromatic N) is 4. The van der Waals surface area contributed by atoms with E-state index in [4.69, 9.17) is 48.9 Å². The highest BCUT2D eigenvalue weighted by Gasteiger charge is 2.23. The molecule has 0 saturated heterocycles. The van der Waals surface area contributed by atoms with Gasteiger partial charge in [-0.1, -0.05) is 144 Å².